The number of hydrogen-bond donors (Lipinski definition) is 0. The Kier molecular flexibility index (Phi) is 4.24. The molecule has 3 heterocycles. The highest BCUT2D eigenvalue weighted by Crippen LogP contribution is 2.62. The largest absolute Gasteiger partial charge is 0.292 e. The summed E-state index contributed by atoms with van der Waals surface area (Å²) in [5.41, 5.74) is 8.24. The Labute approximate surface area is 203 Å². The van der Waals surface area contributed by atoms with E-state index in [1.165, 1.54) is 49.0 Å². The molecule has 3 heteroatoms. The van der Waals surface area contributed by atoms with Crippen molar-refractivity contribution in [2.75, 3.05) is 4.90 Å². The molecule has 7 rings (SSSR count). The Hall–Kier alpha value is -3.82. The smallest absolute Gasteiger partial charge is 0.142 e. The van der Waals surface area contributed by atoms with E-state index >= 15 is 0 Å². The summed E-state index contributed by atoms with van der Waals surface area (Å²) < 4.78 is 0. The Morgan fingerprint density at radius 1 is 0.676 bits per heavy atom. The number of hydrogen-bond acceptors (Lipinski definition) is 3. The van der Waals surface area contributed by atoms with E-state index in [4.69, 9.17) is 4.98 Å². The highest BCUT2D eigenvalue weighted by molar-refractivity contribution is 7.99. The zero-order chi connectivity index (χ0) is 22.7. The van der Waals surface area contributed by atoms with Gasteiger partial charge in [0.15, 0.2) is 0 Å². The van der Waals surface area contributed by atoms with Crippen LogP contribution in [0.3, 0.4) is 0 Å². The fourth-order valence-corrected chi connectivity index (χ4v) is 6.74. The standard InChI is InChI=1S/C31H22N2S/c1-21-17-18-27-26(20-21)33-29-24(14-8-16-28(29)34-27)31(22-10-4-2-5-11-22,23-12-6-3-7-13-23)25-15-9-19-32-30(25)33/h2-20H,1H3. The van der Waals surface area contributed by atoms with Crippen molar-refractivity contribution < 1.29 is 0 Å². The van der Waals surface area contributed by atoms with Crippen molar-refractivity contribution in [1.29, 1.82) is 0 Å². The molecule has 0 saturated heterocycles. The molecule has 5 aromatic rings. The Morgan fingerprint density at radius 3 is 2.12 bits per heavy atom. The lowest BCUT2D eigenvalue weighted by molar-refractivity contribution is 0.718. The number of aromatic nitrogens is 1. The number of benzene rings is 4. The minimum Gasteiger partial charge on any atom is -0.292 e. The molecular formula is C31H22N2S. The molecule has 2 aliphatic rings. The van der Waals surface area contributed by atoms with E-state index in [0.29, 0.717) is 0 Å². The molecule has 2 aliphatic heterocycles. The molecule has 162 valence electrons. The summed E-state index contributed by atoms with van der Waals surface area (Å²) in [6, 6.07) is 39.6. The van der Waals surface area contributed by atoms with Crippen LogP contribution in [0.2, 0.25) is 0 Å². The fraction of sp³-hybridized carbons (Fsp3) is 0.0645. The fourth-order valence-electron chi connectivity index (χ4n) is 5.66. The molecule has 0 aliphatic carbocycles. The van der Waals surface area contributed by atoms with Gasteiger partial charge in [0.05, 0.1) is 16.8 Å². The summed E-state index contributed by atoms with van der Waals surface area (Å²) in [6.45, 7) is 2.16. The van der Waals surface area contributed by atoms with E-state index in [-0.39, 0.29) is 0 Å². The van der Waals surface area contributed by atoms with Crippen LogP contribution in [-0.4, -0.2) is 4.98 Å². The Morgan fingerprint density at radius 2 is 1.38 bits per heavy atom. The second-order valence-corrected chi connectivity index (χ2v) is 10.0. The van der Waals surface area contributed by atoms with Crippen molar-refractivity contribution >= 4 is 29.0 Å². The number of fused-ring (bicyclic) bond motifs is 4. The van der Waals surface area contributed by atoms with Gasteiger partial charge >= 0.3 is 0 Å². The Balaban J connectivity index is 1.67. The second kappa shape index (κ2) is 7.34. The third-order valence-corrected chi connectivity index (χ3v) is 8.13. The highest BCUT2D eigenvalue weighted by atomic mass is 32.2. The first-order valence-corrected chi connectivity index (χ1v) is 12.4. The van der Waals surface area contributed by atoms with Gasteiger partial charge in [0.25, 0.3) is 0 Å². The molecule has 0 bridgehead atoms. The molecule has 0 atom stereocenters. The minimum absolute atomic E-state index is 0.462. The van der Waals surface area contributed by atoms with E-state index in [0.717, 1.165) is 5.82 Å². The summed E-state index contributed by atoms with van der Waals surface area (Å²) in [5, 5.41) is 0. The van der Waals surface area contributed by atoms with Gasteiger partial charge in [-0.1, -0.05) is 96.7 Å². The zero-order valence-corrected chi connectivity index (χ0v) is 19.6. The lowest BCUT2D eigenvalue weighted by Crippen LogP contribution is -2.39. The van der Waals surface area contributed by atoms with Gasteiger partial charge in [0.1, 0.15) is 5.82 Å². The molecule has 1 aromatic heterocycles. The van der Waals surface area contributed by atoms with E-state index in [2.05, 4.69) is 121 Å². The maximum Gasteiger partial charge on any atom is 0.142 e. The molecule has 34 heavy (non-hydrogen) atoms. The quantitative estimate of drug-likeness (QED) is 0.263. The lowest BCUT2D eigenvalue weighted by Gasteiger charge is -2.47. The minimum atomic E-state index is -0.462. The predicted octanol–water partition coefficient (Wildman–Crippen LogP) is 8.02. The monoisotopic (exact) mass is 454 g/mol. The van der Waals surface area contributed by atoms with Gasteiger partial charge in [-0.25, -0.2) is 4.98 Å². The normalized spacial score (nSPS) is 14.7. The van der Waals surface area contributed by atoms with Gasteiger partial charge in [0.2, 0.25) is 0 Å². The van der Waals surface area contributed by atoms with Crippen LogP contribution >= 0.6 is 11.8 Å². The number of anilines is 3. The van der Waals surface area contributed by atoms with Crippen LogP contribution in [0.1, 0.15) is 27.8 Å². The average Bonchev–Trinajstić information content (AvgIpc) is 2.90. The van der Waals surface area contributed by atoms with Gasteiger partial charge in [0, 0.05) is 21.6 Å². The molecule has 0 amide bonds. The lowest BCUT2D eigenvalue weighted by atomic mass is 9.63. The maximum atomic E-state index is 5.04. The second-order valence-electron chi connectivity index (χ2n) is 8.92. The van der Waals surface area contributed by atoms with Crippen LogP contribution in [0.4, 0.5) is 17.2 Å². The van der Waals surface area contributed by atoms with Crippen LogP contribution in [0.25, 0.3) is 0 Å². The molecule has 0 fully saturated rings. The van der Waals surface area contributed by atoms with Crippen molar-refractivity contribution in [3.05, 3.63) is 143 Å². The molecular weight excluding hydrogens is 432 g/mol. The summed E-state index contributed by atoms with van der Waals surface area (Å²) >= 11 is 1.85. The van der Waals surface area contributed by atoms with Gasteiger partial charge in [-0.05, 0) is 53.4 Å². The number of nitrogens with zero attached hydrogens (tertiary/aromatic N) is 2. The van der Waals surface area contributed by atoms with Crippen molar-refractivity contribution in [3.8, 4) is 0 Å². The molecule has 0 spiro atoms. The topological polar surface area (TPSA) is 16.1 Å². The Bertz CT molecular complexity index is 1500. The first-order chi connectivity index (χ1) is 16.8. The zero-order valence-electron chi connectivity index (χ0n) is 18.8. The first kappa shape index (κ1) is 19.6. The average molecular weight is 455 g/mol. The van der Waals surface area contributed by atoms with E-state index in [9.17, 15) is 0 Å². The number of para-hydroxylation sites is 1. The number of pyridine rings is 1. The predicted molar refractivity (Wildman–Crippen MR) is 140 cm³/mol. The van der Waals surface area contributed by atoms with Crippen LogP contribution in [0.5, 0.6) is 0 Å². The SMILES string of the molecule is Cc1ccc2c(c1)N1c3ncccc3C(c3ccccc3)(c3ccccc3)c3cccc(c31)S2. The molecule has 0 radical (unpaired) electrons. The third-order valence-electron chi connectivity index (χ3n) is 7.02. The van der Waals surface area contributed by atoms with Gasteiger partial charge in [-0.15, -0.1) is 0 Å². The van der Waals surface area contributed by atoms with Gasteiger partial charge in [-0.2, -0.15) is 0 Å². The molecule has 0 unspecified atom stereocenters. The summed E-state index contributed by atoms with van der Waals surface area (Å²) in [7, 11) is 0. The van der Waals surface area contributed by atoms with E-state index in [1.807, 2.05) is 18.0 Å². The molecule has 2 nitrogen and oxygen atoms in total. The maximum absolute atomic E-state index is 5.04. The van der Waals surface area contributed by atoms with Crippen LogP contribution in [0.15, 0.2) is 125 Å². The molecule has 0 N–H and O–H groups in total. The number of aryl methyl sites for hydroxylation is 1. The molecule has 4 aromatic carbocycles. The van der Waals surface area contributed by atoms with Crippen LogP contribution in [0, 0.1) is 6.92 Å². The summed E-state index contributed by atoms with van der Waals surface area (Å²) in [6.07, 6.45) is 1.92. The van der Waals surface area contributed by atoms with Crippen LogP contribution in [-0.2, 0) is 5.41 Å². The van der Waals surface area contributed by atoms with E-state index < -0.39 is 5.41 Å². The summed E-state index contributed by atoms with van der Waals surface area (Å²) in [4.78, 5) is 9.96. The number of rotatable bonds is 2. The van der Waals surface area contributed by atoms with Gasteiger partial charge < -0.3 is 0 Å². The van der Waals surface area contributed by atoms with Crippen molar-refractivity contribution in [2.45, 2.75) is 22.1 Å². The van der Waals surface area contributed by atoms with Crippen molar-refractivity contribution in [1.82, 2.24) is 4.98 Å². The van der Waals surface area contributed by atoms with Crippen molar-refractivity contribution in [2.24, 2.45) is 0 Å². The van der Waals surface area contributed by atoms with Crippen molar-refractivity contribution in [3.63, 3.8) is 0 Å². The van der Waals surface area contributed by atoms with Crippen LogP contribution < -0.4 is 4.90 Å². The third kappa shape index (κ3) is 2.56. The summed E-state index contributed by atoms with van der Waals surface area (Å²) in [5.74, 6) is 1.00. The van der Waals surface area contributed by atoms with Gasteiger partial charge in [-0.3, -0.25) is 4.90 Å². The first-order valence-electron chi connectivity index (χ1n) is 11.6. The van der Waals surface area contributed by atoms with E-state index in [1.54, 1.807) is 0 Å². The highest BCUT2D eigenvalue weighted by Gasteiger charge is 2.48. The molecule has 0 saturated carbocycles.